The van der Waals surface area contributed by atoms with E-state index in [0.717, 1.165) is 5.56 Å². The summed E-state index contributed by atoms with van der Waals surface area (Å²) >= 11 is 1.28. The van der Waals surface area contributed by atoms with Crippen molar-refractivity contribution in [3.8, 4) is 0 Å². The van der Waals surface area contributed by atoms with Crippen LogP contribution in [0.1, 0.15) is 5.56 Å². The summed E-state index contributed by atoms with van der Waals surface area (Å²) in [5.74, 6) is 0.223. The molecular formula is C11H12N4O2S2. The van der Waals surface area contributed by atoms with Crippen molar-refractivity contribution in [3.63, 3.8) is 0 Å². The standard InChI is InChI=1S/C11H12N4O2S2/c12-11-15(14-5-8-2-1-3-13-4-8)9-6-19(16,17)7-10(9)18-11/h1-5,9-10,12H,6-7H2/b12-11?,14-5-/t9-,10-/m0/s1. The van der Waals surface area contributed by atoms with E-state index in [9.17, 15) is 8.42 Å². The van der Waals surface area contributed by atoms with Crippen molar-refractivity contribution >= 4 is 33.0 Å². The van der Waals surface area contributed by atoms with Crippen molar-refractivity contribution in [1.82, 2.24) is 9.99 Å². The van der Waals surface area contributed by atoms with Gasteiger partial charge < -0.3 is 0 Å². The number of hydrogen-bond acceptors (Lipinski definition) is 6. The second-order valence-corrected chi connectivity index (χ2v) is 7.86. The van der Waals surface area contributed by atoms with Gasteiger partial charge in [-0.15, -0.1) is 0 Å². The molecule has 0 unspecified atom stereocenters. The second-order valence-electron chi connectivity index (χ2n) is 4.48. The number of thioether (sulfide) groups is 1. The van der Waals surface area contributed by atoms with Crippen LogP contribution in [0.15, 0.2) is 29.6 Å². The van der Waals surface area contributed by atoms with E-state index in [1.54, 1.807) is 24.7 Å². The number of amidine groups is 1. The number of nitrogens with zero attached hydrogens (tertiary/aromatic N) is 3. The fraction of sp³-hybridized carbons (Fsp3) is 0.364. The third kappa shape index (κ3) is 2.50. The summed E-state index contributed by atoms with van der Waals surface area (Å²) in [4.78, 5) is 3.97. The van der Waals surface area contributed by atoms with E-state index in [1.807, 2.05) is 6.07 Å². The van der Waals surface area contributed by atoms with Crippen molar-refractivity contribution in [1.29, 1.82) is 5.41 Å². The van der Waals surface area contributed by atoms with E-state index in [1.165, 1.54) is 16.8 Å². The molecule has 19 heavy (non-hydrogen) atoms. The summed E-state index contributed by atoms with van der Waals surface area (Å²) < 4.78 is 23.2. The summed E-state index contributed by atoms with van der Waals surface area (Å²) in [6.45, 7) is 0. The van der Waals surface area contributed by atoms with Crippen LogP contribution in [-0.4, -0.2) is 52.6 Å². The molecule has 0 aromatic carbocycles. The van der Waals surface area contributed by atoms with E-state index >= 15 is 0 Å². The van der Waals surface area contributed by atoms with Crippen molar-refractivity contribution in [2.45, 2.75) is 11.3 Å². The highest BCUT2D eigenvalue weighted by Gasteiger charge is 2.48. The molecule has 100 valence electrons. The third-order valence-corrected chi connectivity index (χ3v) is 6.19. The molecule has 0 bridgehead atoms. The minimum atomic E-state index is -2.99. The normalized spacial score (nSPS) is 29.1. The fourth-order valence-electron chi connectivity index (χ4n) is 2.20. The maximum absolute atomic E-state index is 11.6. The van der Waals surface area contributed by atoms with E-state index in [2.05, 4.69) is 10.1 Å². The van der Waals surface area contributed by atoms with Gasteiger partial charge in [0.2, 0.25) is 0 Å². The summed E-state index contributed by atoms with van der Waals surface area (Å²) in [5.41, 5.74) is 0.824. The monoisotopic (exact) mass is 296 g/mol. The quantitative estimate of drug-likeness (QED) is 0.806. The Labute approximate surface area is 115 Å². The number of rotatable bonds is 2. The topological polar surface area (TPSA) is 86.5 Å². The molecule has 2 fully saturated rings. The molecule has 0 spiro atoms. The highest BCUT2D eigenvalue weighted by molar-refractivity contribution is 8.15. The van der Waals surface area contributed by atoms with Crippen LogP contribution in [0.25, 0.3) is 0 Å². The zero-order valence-corrected chi connectivity index (χ0v) is 11.6. The number of sulfone groups is 1. The van der Waals surface area contributed by atoms with Gasteiger partial charge in [-0.25, -0.2) is 13.4 Å². The van der Waals surface area contributed by atoms with Gasteiger partial charge in [0.15, 0.2) is 15.0 Å². The molecule has 2 saturated heterocycles. The smallest absolute Gasteiger partial charge is 0.177 e. The maximum Gasteiger partial charge on any atom is 0.177 e. The first kappa shape index (κ1) is 12.6. The zero-order valence-electron chi connectivity index (χ0n) is 9.93. The molecule has 6 nitrogen and oxygen atoms in total. The van der Waals surface area contributed by atoms with Gasteiger partial charge in [0.05, 0.1) is 23.8 Å². The van der Waals surface area contributed by atoms with Gasteiger partial charge >= 0.3 is 0 Å². The number of pyridine rings is 1. The summed E-state index contributed by atoms with van der Waals surface area (Å²) in [7, 11) is -2.99. The van der Waals surface area contributed by atoms with Crippen molar-refractivity contribution in [3.05, 3.63) is 30.1 Å². The van der Waals surface area contributed by atoms with Gasteiger partial charge in [0, 0.05) is 23.2 Å². The molecule has 3 rings (SSSR count). The molecular weight excluding hydrogens is 284 g/mol. The molecule has 1 aromatic rings. The summed E-state index contributed by atoms with van der Waals surface area (Å²) in [6.07, 6.45) is 4.94. The molecule has 3 heterocycles. The fourth-order valence-corrected chi connectivity index (χ4v) is 5.92. The van der Waals surface area contributed by atoms with Gasteiger partial charge in [0.1, 0.15) is 0 Å². The second kappa shape index (κ2) is 4.61. The van der Waals surface area contributed by atoms with Crippen molar-refractivity contribution < 1.29 is 8.42 Å². The zero-order chi connectivity index (χ0) is 13.5. The molecule has 2 aliphatic rings. The molecule has 0 radical (unpaired) electrons. The van der Waals surface area contributed by atoms with Crippen LogP contribution in [0.4, 0.5) is 0 Å². The van der Waals surface area contributed by atoms with Gasteiger partial charge in [0.25, 0.3) is 0 Å². The van der Waals surface area contributed by atoms with Crippen molar-refractivity contribution in [2.24, 2.45) is 5.10 Å². The first-order valence-corrected chi connectivity index (χ1v) is 8.44. The lowest BCUT2D eigenvalue weighted by molar-refractivity contribution is 0.376. The average molecular weight is 296 g/mol. The minimum Gasteiger partial charge on any atom is -0.277 e. The maximum atomic E-state index is 11.6. The van der Waals surface area contributed by atoms with Crippen LogP contribution in [0.3, 0.4) is 0 Å². The lowest BCUT2D eigenvalue weighted by Gasteiger charge is -2.17. The van der Waals surface area contributed by atoms with Crippen LogP contribution in [0.5, 0.6) is 0 Å². The summed E-state index contributed by atoms with van der Waals surface area (Å²) in [5, 5.41) is 13.9. The van der Waals surface area contributed by atoms with E-state index in [0.29, 0.717) is 5.17 Å². The number of hydrazone groups is 1. The molecule has 2 atom stereocenters. The van der Waals surface area contributed by atoms with Crippen LogP contribution < -0.4 is 0 Å². The summed E-state index contributed by atoms with van der Waals surface area (Å²) in [6, 6.07) is 3.44. The number of hydrogen-bond donors (Lipinski definition) is 1. The Hall–Kier alpha value is -1.41. The van der Waals surface area contributed by atoms with Crippen LogP contribution >= 0.6 is 11.8 Å². The number of aromatic nitrogens is 1. The SMILES string of the molecule is N=C1S[C@H]2CS(=O)(=O)C[C@@H]2N1/N=C\c1cccnc1. The largest absolute Gasteiger partial charge is 0.277 e. The lowest BCUT2D eigenvalue weighted by atomic mass is 10.2. The Bertz CT molecular complexity index is 629. The molecule has 1 N–H and O–H groups in total. The van der Waals surface area contributed by atoms with Gasteiger partial charge in [-0.2, -0.15) is 5.10 Å². The Balaban J connectivity index is 1.81. The Morgan fingerprint density at radius 3 is 3.11 bits per heavy atom. The first-order valence-electron chi connectivity index (χ1n) is 5.74. The van der Waals surface area contributed by atoms with Gasteiger partial charge in [-0.05, 0) is 6.07 Å². The van der Waals surface area contributed by atoms with E-state index < -0.39 is 9.84 Å². The minimum absolute atomic E-state index is 0.0662. The molecule has 0 amide bonds. The lowest BCUT2D eigenvalue weighted by Crippen LogP contribution is -2.32. The van der Waals surface area contributed by atoms with E-state index in [-0.39, 0.29) is 22.8 Å². The number of fused-ring (bicyclic) bond motifs is 1. The molecule has 0 saturated carbocycles. The Kier molecular flexibility index (Phi) is 3.06. The molecule has 2 aliphatic heterocycles. The van der Waals surface area contributed by atoms with Crippen molar-refractivity contribution in [2.75, 3.05) is 11.5 Å². The predicted octanol–water partition coefficient (Wildman–Crippen LogP) is 0.565. The third-order valence-electron chi connectivity index (χ3n) is 3.07. The highest BCUT2D eigenvalue weighted by atomic mass is 32.2. The highest BCUT2D eigenvalue weighted by Crippen LogP contribution is 2.37. The van der Waals surface area contributed by atoms with Gasteiger partial charge in [-0.3, -0.25) is 10.4 Å². The predicted molar refractivity (Wildman–Crippen MR) is 75.2 cm³/mol. The van der Waals surface area contributed by atoms with E-state index in [4.69, 9.17) is 5.41 Å². The van der Waals surface area contributed by atoms with Crippen LogP contribution in [0, 0.1) is 5.41 Å². The van der Waals surface area contributed by atoms with Crippen LogP contribution in [-0.2, 0) is 9.84 Å². The average Bonchev–Trinajstić information content (AvgIpc) is 2.79. The van der Waals surface area contributed by atoms with Gasteiger partial charge in [-0.1, -0.05) is 17.8 Å². The molecule has 0 aliphatic carbocycles. The molecule has 1 aromatic heterocycles. The number of nitrogens with one attached hydrogen (secondary N) is 1. The van der Waals surface area contributed by atoms with Crippen LogP contribution in [0.2, 0.25) is 0 Å². The Morgan fingerprint density at radius 1 is 1.53 bits per heavy atom. The Morgan fingerprint density at radius 2 is 2.37 bits per heavy atom. The molecule has 8 heteroatoms. The first-order chi connectivity index (χ1) is 9.05.